The third-order valence-electron chi connectivity index (χ3n) is 4.06. The van der Waals surface area contributed by atoms with E-state index in [0.717, 1.165) is 23.3 Å². The molecule has 3 aromatic carbocycles. The number of halogens is 2. The lowest BCUT2D eigenvalue weighted by molar-refractivity contribution is -0.123. The Morgan fingerprint density at radius 2 is 1.59 bits per heavy atom. The van der Waals surface area contributed by atoms with Gasteiger partial charge in [-0.2, -0.15) is 0 Å². The zero-order chi connectivity index (χ0) is 20.6. The molecule has 0 atom stereocenters. The number of para-hydroxylation sites is 1. The Morgan fingerprint density at radius 3 is 2.34 bits per heavy atom. The molecule has 0 spiro atoms. The van der Waals surface area contributed by atoms with Crippen molar-refractivity contribution in [3.8, 4) is 5.75 Å². The van der Waals surface area contributed by atoms with Crippen molar-refractivity contribution in [2.24, 2.45) is 0 Å². The maximum atomic E-state index is 13.6. The number of ether oxygens (including phenoxy) is 1. The van der Waals surface area contributed by atoms with Crippen LogP contribution in [0, 0.1) is 11.6 Å². The smallest absolute Gasteiger partial charge is 0.276 e. The van der Waals surface area contributed by atoms with Crippen molar-refractivity contribution in [3.05, 3.63) is 101 Å². The molecular weight excluding hydrogens is 378 g/mol. The summed E-state index contributed by atoms with van der Waals surface area (Å²) in [6.07, 6.45) is 0.638. The minimum Gasteiger partial charge on any atom is -0.483 e. The molecule has 0 bridgehead atoms. The summed E-state index contributed by atoms with van der Waals surface area (Å²) in [6.45, 7) is -0.349. The molecule has 2 N–H and O–H groups in total. The summed E-state index contributed by atoms with van der Waals surface area (Å²) in [7, 11) is 0. The number of hydrogen-bond donors (Lipinski definition) is 2. The number of carbonyl (C=O) groups is 2. The molecule has 0 fully saturated rings. The first-order chi connectivity index (χ1) is 14.0. The van der Waals surface area contributed by atoms with Gasteiger partial charge in [0.2, 0.25) is 0 Å². The van der Waals surface area contributed by atoms with E-state index in [-0.39, 0.29) is 12.2 Å². The summed E-state index contributed by atoms with van der Waals surface area (Å²) in [5.41, 5.74) is 5.82. The fourth-order valence-electron chi connectivity index (χ4n) is 2.65. The lowest BCUT2D eigenvalue weighted by atomic mass is 10.0. The largest absolute Gasteiger partial charge is 0.483 e. The third kappa shape index (κ3) is 5.62. The van der Waals surface area contributed by atoms with Crippen LogP contribution in [0.2, 0.25) is 0 Å². The minimum atomic E-state index is -1.03. The van der Waals surface area contributed by atoms with Gasteiger partial charge in [0.05, 0.1) is 5.56 Å². The van der Waals surface area contributed by atoms with E-state index < -0.39 is 23.4 Å². The number of nitrogens with one attached hydrogen (secondary N) is 2. The Morgan fingerprint density at radius 1 is 0.862 bits per heavy atom. The molecule has 0 aromatic heterocycles. The number of hydrogen-bond acceptors (Lipinski definition) is 3. The standard InChI is InChI=1S/C22H18F2N2O3/c23-17-10-11-18(19(24)13-17)22(28)26-25-21(27)14-29-20-9-5-4-8-16(20)12-15-6-2-1-3-7-15/h1-11,13H,12,14H2,(H,25,27)(H,26,28). The molecule has 2 amide bonds. The zero-order valence-corrected chi connectivity index (χ0v) is 15.3. The first-order valence-electron chi connectivity index (χ1n) is 8.82. The van der Waals surface area contributed by atoms with Crippen LogP contribution in [0.5, 0.6) is 5.75 Å². The average molecular weight is 396 g/mol. The summed E-state index contributed by atoms with van der Waals surface area (Å²) in [4.78, 5) is 23.8. The van der Waals surface area contributed by atoms with Gasteiger partial charge in [-0.1, -0.05) is 48.5 Å². The normalized spacial score (nSPS) is 10.3. The van der Waals surface area contributed by atoms with Crippen LogP contribution < -0.4 is 15.6 Å². The van der Waals surface area contributed by atoms with E-state index in [1.54, 1.807) is 12.1 Å². The lowest BCUT2D eigenvalue weighted by Crippen LogP contribution is -2.44. The van der Waals surface area contributed by atoms with Crippen molar-refractivity contribution in [2.75, 3.05) is 6.61 Å². The minimum absolute atomic E-state index is 0.349. The Hall–Kier alpha value is -3.74. The summed E-state index contributed by atoms with van der Waals surface area (Å²) in [5, 5.41) is 0. The Bertz CT molecular complexity index is 1010. The molecule has 7 heteroatoms. The summed E-state index contributed by atoms with van der Waals surface area (Å²) in [5.74, 6) is -2.81. The Kier molecular flexibility index (Phi) is 6.52. The van der Waals surface area contributed by atoms with E-state index in [1.165, 1.54) is 0 Å². The van der Waals surface area contributed by atoms with Crippen molar-refractivity contribution < 1.29 is 23.1 Å². The topological polar surface area (TPSA) is 67.4 Å². The zero-order valence-electron chi connectivity index (χ0n) is 15.3. The molecule has 3 aromatic rings. The van der Waals surface area contributed by atoms with E-state index in [2.05, 4.69) is 10.9 Å². The Labute approximate surface area is 166 Å². The van der Waals surface area contributed by atoms with Crippen molar-refractivity contribution in [3.63, 3.8) is 0 Å². The van der Waals surface area contributed by atoms with Gasteiger partial charge < -0.3 is 4.74 Å². The molecule has 5 nitrogen and oxygen atoms in total. The highest BCUT2D eigenvalue weighted by Crippen LogP contribution is 2.21. The summed E-state index contributed by atoms with van der Waals surface area (Å²) < 4.78 is 32.0. The highest BCUT2D eigenvalue weighted by Gasteiger charge is 2.14. The molecule has 0 aliphatic carbocycles. The first-order valence-corrected chi connectivity index (χ1v) is 8.82. The highest BCUT2D eigenvalue weighted by molar-refractivity contribution is 5.95. The fourth-order valence-corrected chi connectivity index (χ4v) is 2.65. The second kappa shape index (κ2) is 9.45. The average Bonchev–Trinajstić information content (AvgIpc) is 2.72. The second-order valence-electron chi connectivity index (χ2n) is 6.19. The molecule has 3 rings (SSSR count). The predicted molar refractivity (Wildman–Crippen MR) is 103 cm³/mol. The van der Waals surface area contributed by atoms with Crippen LogP contribution >= 0.6 is 0 Å². The van der Waals surface area contributed by atoms with Gasteiger partial charge in [0.25, 0.3) is 11.8 Å². The molecule has 148 valence electrons. The van der Waals surface area contributed by atoms with E-state index in [9.17, 15) is 18.4 Å². The monoisotopic (exact) mass is 396 g/mol. The number of benzene rings is 3. The van der Waals surface area contributed by atoms with Gasteiger partial charge in [0, 0.05) is 12.5 Å². The van der Waals surface area contributed by atoms with Gasteiger partial charge in [0.15, 0.2) is 6.61 Å². The molecule has 0 radical (unpaired) electrons. The quantitative estimate of drug-likeness (QED) is 0.628. The molecule has 0 aliphatic heterocycles. The van der Waals surface area contributed by atoms with Gasteiger partial charge in [-0.3, -0.25) is 20.4 Å². The van der Waals surface area contributed by atoms with E-state index in [0.29, 0.717) is 18.2 Å². The molecule has 0 saturated carbocycles. The number of hydrazine groups is 1. The Balaban J connectivity index is 1.54. The maximum absolute atomic E-state index is 13.6. The molecular formula is C22H18F2N2O3. The highest BCUT2D eigenvalue weighted by atomic mass is 19.1. The van der Waals surface area contributed by atoms with Crippen LogP contribution in [-0.4, -0.2) is 18.4 Å². The molecule has 0 unspecified atom stereocenters. The van der Waals surface area contributed by atoms with Gasteiger partial charge >= 0.3 is 0 Å². The number of carbonyl (C=O) groups excluding carboxylic acids is 2. The molecule has 0 saturated heterocycles. The van der Waals surface area contributed by atoms with E-state index >= 15 is 0 Å². The van der Waals surface area contributed by atoms with Crippen LogP contribution in [0.4, 0.5) is 8.78 Å². The first kappa shape index (κ1) is 20.0. The third-order valence-corrected chi connectivity index (χ3v) is 4.06. The van der Waals surface area contributed by atoms with Crippen LogP contribution in [0.25, 0.3) is 0 Å². The fraction of sp³-hybridized carbons (Fsp3) is 0.0909. The molecule has 29 heavy (non-hydrogen) atoms. The van der Waals surface area contributed by atoms with Gasteiger partial charge in [-0.05, 0) is 29.3 Å². The summed E-state index contributed by atoms with van der Waals surface area (Å²) in [6, 6.07) is 19.7. The summed E-state index contributed by atoms with van der Waals surface area (Å²) >= 11 is 0. The van der Waals surface area contributed by atoms with Crippen LogP contribution in [0.15, 0.2) is 72.8 Å². The van der Waals surface area contributed by atoms with Crippen LogP contribution in [0.1, 0.15) is 21.5 Å². The van der Waals surface area contributed by atoms with Crippen molar-refractivity contribution >= 4 is 11.8 Å². The van der Waals surface area contributed by atoms with E-state index in [4.69, 9.17) is 4.74 Å². The SMILES string of the molecule is O=C(COc1ccccc1Cc1ccccc1)NNC(=O)c1ccc(F)cc1F. The molecule has 0 aliphatic rings. The van der Waals surface area contributed by atoms with E-state index in [1.807, 2.05) is 42.5 Å². The lowest BCUT2D eigenvalue weighted by Gasteiger charge is -2.12. The van der Waals surface area contributed by atoms with Crippen molar-refractivity contribution in [1.82, 2.24) is 10.9 Å². The van der Waals surface area contributed by atoms with Gasteiger partial charge in [0.1, 0.15) is 17.4 Å². The predicted octanol–water partition coefficient (Wildman–Crippen LogP) is 3.40. The maximum Gasteiger partial charge on any atom is 0.276 e. The van der Waals surface area contributed by atoms with Gasteiger partial charge in [-0.25, -0.2) is 8.78 Å². The van der Waals surface area contributed by atoms with Crippen LogP contribution in [-0.2, 0) is 11.2 Å². The molecule has 0 heterocycles. The number of rotatable bonds is 6. The number of amides is 2. The van der Waals surface area contributed by atoms with Crippen molar-refractivity contribution in [1.29, 1.82) is 0 Å². The van der Waals surface area contributed by atoms with Crippen LogP contribution in [0.3, 0.4) is 0 Å². The van der Waals surface area contributed by atoms with Gasteiger partial charge in [-0.15, -0.1) is 0 Å². The second-order valence-corrected chi connectivity index (χ2v) is 6.19. The van der Waals surface area contributed by atoms with Crippen molar-refractivity contribution in [2.45, 2.75) is 6.42 Å².